The number of rotatable bonds is 7. The highest BCUT2D eigenvalue weighted by Gasteiger charge is 2.18. The lowest BCUT2D eigenvalue weighted by molar-refractivity contribution is -0.128. The van der Waals surface area contributed by atoms with Gasteiger partial charge in [0.1, 0.15) is 0 Å². The Hall–Kier alpha value is -1.13. The van der Waals surface area contributed by atoms with Crippen LogP contribution in [0.5, 0.6) is 0 Å². The van der Waals surface area contributed by atoms with E-state index in [0.29, 0.717) is 6.54 Å². The van der Waals surface area contributed by atoms with Crippen LogP contribution >= 0.6 is 15.9 Å². The Kier molecular flexibility index (Phi) is 7.55. The summed E-state index contributed by atoms with van der Waals surface area (Å²) in [6.45, 7) is 4.49. The summed E-state index contributed by atoms with van der Waals surface area (Å²) in [6, 6.07) is 7.93. The van der Waals surface area contributed by atoms with Gasteiger partial charge >= 0.3 is 0 Å². The Morgan fingerprint density at radius 1 is 1.35 bits per heavy atom. The van der Waals surface area contributed by atoms with E-state index in [1.807, 2.05) is 24.3 Å². The summed E-state index contributed by atoms with van der Waals surface area (Å²) in [6.07, 6.45) is 5.17. The van der Waals surface area contributed by atoms with Crippen molar-refractivity contribution in [2.45, 2.75) is 32.7 Å². The van der Waals surface area contributed by atoms with Crippen LogP contribution in [0.3, 0.4) is 0 Å². The smallest absolute Gasteiger partial charge is 0.246 e. The lowest BCUT2D eigenvalue weighted by atomic mass is 10.1. The van der Waals surface area contributed by atoms with Crippen molar-refractivity contribution < 1.29 is 9.90 Å². The molecule has 0 aliphatic rings. The molecule has 1 N–H and O–H groups in total. The quantitative estimate of drug-likeness (QED) is 0.772. The third-order valence-electron chi connectivity index (χ3n) is 3.32. The third kappa shape index (κ3) is 4.76. The van der Waals surface area contributed by atoms with Crippen LogP contribution in [-0.4, -0.2) is 35.1 Å². The van der Waals surface area contributed by atoms with Crippen LogP contribution in [0.25, 0.3) is 6.08 Å². The standard InChI is InChI=1S/C16H22BrNO2/c1-3-14(4-2)18(11-12-19)16(20)10-9-13-7-5-6-8-15(13)17/h5-10,14,19H,3-4,11-12H2,1-2H3. The molecular weight excluding hydrogens is 318 g/mol. The molecule has 1 rings (SSSR count). The van der Waals surface area contributed by atoms with Crippen molar-refractivity contribution in [2.24, 2.45) is 0 Å². The van der Waals surface area contributed by atoms with Gasteiger partial charge in [0.2, 0.25) is 5.91 Å². The zero-order valence-electron chi connectivity index (χ0n) is 12.1. The van der Waals surface area contributed by atoms with Crippen LogP contribution in [-0.2, 0) is 4.79 Å². The number of aliphatic hydroxyl groups is 1. The molecule has 3 nitrogen and oxygen atoms in total. The summed E-state index contributed by atoms with van der Waals surface area (Å²) in [5, 5.41) is 9.13. The van der Waals surface area contributed by atoms with Crippen molar-refractivity contribution in [1.82, 2.24) is 4.90 Å². The van der Waals surface area contributed by atoms with Gasteiger partial charge in [-0.1, -0.05) is 48.0 Å². The summed E-state index contributed by atoms with van der Waals surface area (Å²) in [4.78, 5) is 14.0. The van der Waals surface area contributed by atoms with Gasteiger partial charge in [-0.3, -0.25) is 4.79 Å². The van der Waals surface area contributed by atoms with E-state index < -0.39 is 0 Å². The van der Waals surface area contributed by atoms with E-state index in [0.717, 1.165) is 22.9 Å². The minimum atomic E-state index is -0.0523. The van der Waals surface area contributed by atoms with Crippen LogP contribution in [0.4, 0.5) is 0 Å². The summed E-state index contributed by atoms with van der Waals surface area (Å²) in [5.74, 6) is -0.0523. The second-order valence-corrected chi connectivity index (χ2v) is 5.43. The van der Waals surface area contributed by atoms with Gasteiger partial charge in [-0.15, -0.1) is 0 Å². The Balaban J connectivity index is 2.83. The zero-order valence-corrected chi connectivity index (χ0v) is 13.6. The number of benzene rings is 1. The Morgan fingerprint density at radius 3 is 2.55 bits per heavy atom. The summed E-state index contributed by atoms with van der Waals surface area (Å²) < 4.78 is 0.959. The Bertz CT molecular complexity index is 456. The molecule has 0 aromatic heterocycles. The van der Waals surface area contributed by atoms with E-state index in [1.165, 1.54) is 0 Å². The molecule has 0 aliphatic heterocycles. The molecule has 0 unspecified atom stereocenters. The molecule has 1 amide bonds. The lowest BCUT2D eigenvalue weighted by Crippen LogP contribution is -2.40. The maximum Gasteiger partial charge on any atom is 0.246 e. The largest absolute Gasteiger partial charge is 0.395 e. The highest BCUT2D eigenvalue weighted by Crippen LogP contribution is 2.17. The molecular formula is C16H22BrNO2. The molecule has 0 heterocycles. The van der Waals surface area contributed by atoms with E-state index in [-0.39, 0.29) is 18.6 Å². The van der Waals surface area contributed by atoms with Crippen LogP contribution in [0.15, 0.2) is 34.8 Å². The zero-order chi connectivity index (χ0) is 15.0. The molecule has 0 radical (unpaired) electrons. The van der Waals surface area contributed by atoms with Gasteiger partial charge in [0.15, 0.2) is 0 Å². The first kappa shape index (κ1) is 16.9. The SMILES string of the molecule is CCC(CC)N(CCO)C(=O)C=Cc1ccccc1Br. The molecule has 20 heavy (non-hydrogen) atoms. The molecule has 0 atom stereocenters. The van der Waals surface area contributed by atoms with E-state index in [2.05, 4.69) is 29.8 Å². The van der Waals surface area contributed by atoms with Crippen LogP contribution in [0, 0.1) is 0 Å². The van der Waals surface area contributed by atoms with Gasteiger partial charge in [0, 0.05) is 23.1 Å². The highest BCUT2D eigenvalue weighted by atomic mass is 79.9. The van der Waals surface area contributed by atoms with Crippen molar-refractivity contribution in [3.8, 4) is 0 Å². The first-order chi connectivity index (χ1) is 9.63. The predicted octanol–water partition coefficient (Wildman–Crippen LogP) is 3.47. The minimum Gasteiger partial charge on any atom is -0.395 e. The number of carbonyl (C=O) groups excluding carboxylic acids is 1. The Labute approximate surface area is 129 Å². The maximum atomic E-state index is 12.3. The normalized spacial score (nSPS) is 11.2. The van der Waals surface area contributed by atoms with Crippen LogP contribution in [0.2, 0.25) is 0 Å². The summed E-state index contributed by atoms with van der Waals surface area (Å²) >= 11 is 3.45. The number of hydrogen-bond acceptors (Lipinski definition) is 2. The molecule has 0 spiro atoms. The van der Waals surface area contributed by atoms with E-state index in [4.69, 9.17) is 5.11 Å². The number of amides is 1. The molecule has 4 heteroatoms. The van der Waals surface area contributed by atoms with Gasteiger partial charge < -0.3 is 10.0 Å². The summed E-state index contributed by atoms with van der Waals surface area (Å²) in [7, 11) is 0. The fraction of sp³-hybridized carbons (Fsp3) is 0.438. The van der Waals surface area contributed by atoms with Gasteiger partial charge in [0.05, 0.1) is 6.61 Å². The van der Waals surface area contributed by atoms with Crippen molar-refractivity contribution in [3.05, 3.63) is 40.4 Å². The minimum absolute atomic E-state index is 0.00882. The van der Waals surface area contributed by atoms with Crippen molar-refractivity contribution in [3.63, 3.8) is 0 Å². The topological polar surface area (TPSA) is 40.5 Å². The summed E-state index contributed by atoms with van der Waals surface area (Å²) in [5.41, 5.74) is 0.967. The van der Waals surface area contributed by atoms with E-state index in [9.17, 15) is 4.79 Å². The first-order valence-corrected chi connectivity index (χ1v) is 7.77. The fourth-order valence-electron chi connectivity index (χ4n) is 2.18. The molecule has 0 saturated heterocycles. The van der Waals surface area contributed by atoms with Crippen molar-refractivity contribution >= 4 is 27.9 Å². The number of hydrogen-bond donors (Lipinski definition) is 1. The average Bonchev–Trinajstić information content (AvgIpc) is 2.46. The van der Waals surface area contributed by atoms with Gasteiger partial charge in [0.25, 0.3) is 0 Å². The molecule has 0 aliphatic carbocycles. The average molecular weight is 340 g/mol. The monoisotopic (exact) mass is 339 g/mol. The van der Waals surface area contributed by atoms with Crippen LogP contribution < -0.4 is 0 Å². The third-order valence-corrected chi connectivity index (χ3v) is 4.04. The number of nitrogens with zero attached hydrogens (tertiary/aromatic N) is 1. The fourth-order valence-corrected chi connectivity index (χ4v) is 2.59. The molecule has 1 aromatic rings. The van der Waals surface area contributed by atoms with Crippen LogP contribution in [0.1, 0.15) is 32.3 Å². The van der Waals surface area contributed by atoms with E-state index in [1.54, 1.807) is 17.1 Å². The second-order valence-electron chi connectivity index (χ2n) is 4.58. The number of halogens is 1. The van der Waals surface area contributed by atoms with Gasteiger partial charge in [-0.25, -0.2) is 0 Å². The first-order valence-electron chi connectivity index (χ1n) is 6.98. The maximum absolute atomic E-state index is 12.3. The van der Waals surface area contributed by atoms with Crippen molar-refractivity contribution in [2.75, 3.05) is 13.2 Å². The molecule has 0 fully saturated rings. The second kappa shape index (κ2) is 8.93. The predicted molar refractivity (Wildman–Crippen MR) is 86.3 cm³/mol. The number of carbonyl (C=O) groups is 1. The van der Waals surface area contributed by atoms with Crippen molar-refractivity contribution in [1.29, 1.82) is 0 Å². The highest BCUT2D eigenvalue weighted by molar-refractivity contribution is 9.10. The molecule has 0 bridgehead atoms. The molecule has 0 saturated carbocycles. The molecule has 1 aromatic carbocycles. The lowest BCUT2D eigenvalue weighted by Gasteiger charge is -2.29. The Morgan fingerprint density at radius 2 is 2.00 bits per heavy atom. The van der Waals surface area contributed by atoms with Gasteiger partial charge in [-0.05, 0) is 30.5 Å². The molecule has 110 valence electrons. The van der Waals surface area contributed by atoms with Gasteiger partial charge in [-0.2, -0.15) is 0 Å². The number of aliphatic hydroxyl groups excluding tert-OH is 1. The van der Waals surface area contributed by atoms with E-state index >= 15 is 0 Å².